The molecule has 2 N–H and O–H groups in total. The molecule has 5 heteroatoms. The van der Waals surface area contributed by atoms with E-state index in [4.69, 9.17) is 10.5 Å². The fourth-order valence-electron chi connectivity index (χ4n) is 3.11. The van der Waals surface area contributed by atoms with Crippen molar-refractivity contribution >= 4 is 0 Å². The summed E-state index contributed by atoms with van der Waals surface area (Å²) < 4.78 is 33.3. The first-order valence-corrected chi connectivity index (χ1v) is 7.12. The van der Waals surface area contributed by atoms with Crippen molar-refractivity contribution in [3.05, 3.63) is 29.3 Å². The number of rotatable bonds is 3. The maximum absolute atomic E-state index is 14.2. The van der Waals surface area contributed by atoms with Gasteiger partial charge in [-0.05, 0) is 25.8 Å². The van der Waals surface area contributed by atoms with Crippen LogP contribution in [0.25, 0.3) is 0 Å². The lowest BCUT2D eigenvalue weighted by Crippen LogP contribution is -2.47. The lowest BCUT2D eigenvalue weighted by molar-refractivity contribution is 0.178. The van der Waals surface area contributed by atoms with E-state index >= 15 is 0 Å². The molecule has 3 rings (SSSR count). The van der Waals surface area contributed by atoms with Crippen molar-refractivity contribution in [1.82, 2.24) is 4.90 Å². The number of hydrogen-bond donors (Lipinski definition) is 1. The normalized spacial score (nSPS) is 27.6. The topological polar surface area (TPSA) is 38.5 Å². The third-order valence-corrected chi connectivity index (χ3v) is 4.42. The Kier molecular flexibility index (Phi) is 3.65. The lowest BCUT2D eigenvalue weighted by Gasteiger charge is -2.37. The number of methoxy groups -OCH3 is 1. The Balaban J connectivity index is 1.89. The van der Waals surface area contributed by atoms with E-state index in [0.717, 1.165) is 13.0 Å². The van der Waals surface area contributed by atoms with E-state index in [1.807, 2.05) is 0 Å². The summed E-state index contributed by atoms with van der Waals surface area (Å²) in [6, 6.07) is 2.87. The van der Waals surface area contributed by atoms with Crippen molar-refractivity contribution in [1.29, 1.82) is 0 Å². The van der Waals surface area contributed by atoms with Gasteiger partial charge in [-0.25, -0.2) is 8.78 Å². The first-order valence-electron chi connectivity index (χ1n) is 7.12. The van der Waals surface area contributed by atoms with Crippen LogP contribution >= 0.6 is 0 Å². The van der Waals surface area contributed by atoms with Gasteiger partial charge < -0.3 is 10.5 Å². The maximum atomic E-state index is 14.2. The quantitative estimate of drug-likeness (QED) is 0.924. The van der Waals surface area contributed by atoms with E-state index in [1.54, 1.807) is 0 Å². The van der Waals surface area contributed by atoms with Crippen LogP contribution in [0.2, 0.25) is 0 Å². The number of piperidine rings is 1. The number of hydrogen-bond acceptors (Lipinski definition) is 3. The highest BCUT2D eigenvalue weighted by Crippen LogP contribution is 2.36. The number of nitrogens with zero attached hydrogens (tertiary/aromatic N) is 1. The van der Waals surface area contributed by atoms with Crippen LogP contribution in [0.1, 0.15) is 30.7 Å². The van der Waals surface area contributed by atoms with Crippen molar-refractivity contribution in [2.75, 3.05) is 20.2 Å². The number of nitrogens with two attached hydrogens (primary N) is 1. The second kappa shape index (κ2) is 5.30. The summed E-state index contributed by atoms with van der Waals surface area (Å²) in [5.74, 6) is -1.19. The van der Waals surface area contributed by atoms with E-state index < -0.39 is 11.6 Å². The van der Waals surface area contributed by atoms with Crippen LogP contribution in [0.4, 0.5) is 8.78 Å². The predicted octanol–water partition coefficient (Wildman–Crippen LogP) is 2.25. The second-order valence-electron chi connectivity index (χ2n) is 5.79. The molecule has 2 atom stereocenters. The van der Waals surface area contributed by atoms with Gasteiger partial charge >= 0.3 is 0 Å². The van der Waals surface area contributed by atoms with Crippen molar-refractivity contribution in [2.24, 2.45) is 5.73 Å². The van der Waals surface area contributed by atoms with Gasteiger partial charge in [-0.3, -0.25) is 4.90 Å². The fraction of sp³-hybridized carbons (Fsp3) is 0.600. The molecular weight excluding hydrogens is 262 g/mol. The van der Waals surface area contributed by atoms with Crippen molar-refractivity contribution < 1.29 is 13.5 Å². The molecule has 1 aromatic rings. The Bertz CT molecular complexity index is 482. The fourth-order valence-corrected chi connectivity index (χ4v) is 3.11. The van der Waals surface area contributed by atoms with Crippen LogP contribution in [0.5, 0.6) is 5.75 Å². The van der Waals surface area contributed by atoms with Gasteiger partial charge in [-0.2, -0.15) is 0 Å². The summed E-state index contributed by atoms with van der Waals surface area (Å²) in [5.41, 5.74) is 6.23. The van der Waals surface area contributed by atoms with E-state index in [0.29, 0.717) is 12.6 Å². The van der Waals surface area contributed by atoms with Gasteiger partial charge in [0, 0.05) is 42.2 Å². The molecule has 1 aromatic carbocycles. The van der Waals surface area contributed by atoms with Crippen molar-refractivity contribution in [3.8, 4) is 5.75 Å². The second-order valence-corrected chi connectivity index (χ2v) is 5.79. The minimum atomic E-state index is -0.556. The lowest BCUT2D eigenvalue weighted by atomic mass is 9.85. The van der Waals surface area contributed by atoms with Crippen LogP contribution < -0.4 is 10.5 Å². The highest BCUT2D eigenvalue weighted by atomic mass is 19.1. The zero-order valence-corrected chi connectivity index (χ0v) is 11.6. The monoisotopic (exact) mass is 282 g/mol. The Labute approximate surface area is 117 Å². The molecule has 3 nitrogen and oxygen atoms in total. The first-order chi connectivity index (χ1) is 9.60. The number of likely N-dealkylation sites (tertiary alicyclic amines) is 1. The summed E-state index contributed by atoms with van der Waals surface area (Å²) in [7, 11) is 1.40. The minimum absolute atomic E-state index is 0.114. The van der Waals surface area contributed by atoms with Crippen molar-refractivity contribution in [3.63, 3.8) is 0 Å². The van der Waals surface area contributed by atoms with E-state index in [1.165, 1.54) is 32.1 Å². The van der Waals surface area contributed by atoms with Gasteiger partial charge in [0.1, 0.15) is 17.4 Å². The van der Waals surface area contributed by atoms with Crippen molar-refractivity contribution in [2.45, 2.75) is 37.3 Å². The summed E-state index contributed by atoms with van der Waals surface area (Å²) in [6.07, 6.45) is 3.16. The SMILES string of the molecule is COc1cc(F)c(C2CN(C3CC3)CCC2N)c(F)c1. The molecule has 1 aliphatic carbocycles. The van der Waals surface area contributed by atoms with Crippen LogP contribution in [-0.4, -0.2) is 37.2 Å². The van der Waals surface area contributed by atoms with E-state index in [9.17, 15) is 8.78 Å². The largest absolute Gasteiger partial charge is 0.497 e. The smallest absolute Gasteiger partial charge is 0.133 e. The van der Waals surface area contributed by atoms with E-state index in [-0.39, 0.29) is 23.3 Å². The number of halogens is 2. The number of benzene rings is 1. The summed E-state index contributed by atoms with van der Waals surface area (Å²) in [4.78, 5) is 2.32. The average molecular weight is 282 g/mol. The minimum Gasteiger partial charge on any atom is -0.497 e. The van der Waals surface area contributed by atoms with Gasteiger partial charge in [-0.15, -0.1) is 0 Å². The molecule has 0 radical (unpaired) electrons. The molecule has 0 aromatic heterocycles. The standard InChI is InChI=1S/C15H20F2N2O/c1-20-10-6-12(16)15(13(17)7-10)11-8-19(9-2-3-9)5-4-14(11)18/h6-7,9,11,14H,2-5,8,18H2,1H3. The van der Waals surface area contributed by atoms with Crippen LogP contribution in [0.3, 0.4) is 0 Å². The highest BCUT2D eigenvalue weighted by molar-refractivity contribution is 5.34. The molecule has 2 unspecified atom stereocenters. The Hall–Kier alpha value is -1.20. The molecule has 1 saturated carbocycles. The zero-order chi connectivity index (χ0) is 14.3. The van der Waals surface area contributed by atoms with Crippen LogP contribution in [0, 0.1) is 11.6 Å². The third-order valence-electron chi connectivity index (χ3n) is 4.42. The molecule has 1 aliphatic heterocycles. The summed E-state index contributed by atoms with van der Waals surface area (Å²) >= 11 is 0. The van der Waals surface area contributed by atoms with Gasteiger partial charge in [0.25, 0.3) is 0 Å². The average Bonchev–Trinajstić information content (AvgIpc) is 3.24. The van der Waals surface area contributed by atoms with Gasteiger partial charge in [0.05, 0.1) is 7.11 Å². The predicted molar refractivity (Wildman–Crippen MR) is 72.8 cm³/mol. The summed E-state index contributed by atoms with van der Waals surface area (Å²) in [5, 5.41) is 0. The van der Waals surface area contributed by atoms with Gasteiger partial charge in [0.15, 0.2) is 0 Å². The van der Waals surface area contributed by atoms with Gasteiger partial charge in [0.2, 0.25) is 0 Å². The molecule has 20 heavy (non-hydrogen) atoms. The molecule has 110 valence electrons. The molecule has 0 spiro atoms. The molecular formula is C15H20F2N2O. The molecule has 2 fully saturated rings. The molecule has 0 bridgehead atoms. The zero-order valence-electron chi connectivity index (χ0n) is 11.6. The first kappa shape index (κ1) is 13.8. The Morgan fingerprint density at radius 2 is 1.85 bits per heavy atom. The Morgan fingerprint density at radius 3 is 2.40 bits per heavy atom. The highest BCUT2D eigenvalue weighted by Gasteiger charge is 2.38. The Morgan fingerprint density at radius 1 is 1.20 bits per heavy atom. The summed E-state index contributed by atoms with van der Waals surface area (Å²) in [6.45, 7) is 1.58. The number of ether oxygens (including phenoxy) is 1. The van der Waals surface area contributed by atoms with Crippen LogP contribution in [0.15, 0.2) is 12.1 Å². The molecule has 1 saturated heterocycles. The molecule has 0 amide bonds. The third kappa shape index (κ3) is 2.52. The molecule has 1 heterocycles. The van der Waals surface area contributed by atoms with E-state index in [2.05, 4.69) is 4.90 Å². The molecule has 2 aliphatic rings. The van der Waals surface area contributed by atoms with Crippen LogP contribution in [-0.2, 0) is 0 Å². The van der Waals surface area contributed by atoms with Gasteiger partial charge in [-0.1, -0.05) is 0 Å². The maximum Gasteiger partial charge on any atom is 0.133 e.